The largest absolute Gasteiger partial charge is 0.261 e. The van der Waals surface area contributed by atoms with Crippen LogP contribution in [0.5, 0.6) is 0 Å². The minimum absolute atomic E-state index is 0.0619. The van der Waals surface area contributed by atoms with Crippen molar-refractivity contribution in [2.75, 3.05) is 5.75 Å². The van der Waals surface area contributed by atoms with Crippen LogP contribution in [0.3, 0.4) is 0 Å². The van der Waals surface area contributed by atoms with Crippen molar-refractivity contribution in [3.05, 3.63) is 30.1 Å². The number of aromatic nitrogens is 1. The predicted molar refractivity (Wildman–Crippen MR) is 77.3 cm³/mol. The Morgan fingerprint density at radius 1 is 1.39 bits per heavy atom. The van der Waals surface area contributed by atoms with E-state index in [2.05, 4.69) is 25.6 Å². The van der Waals surface area contributed by atoms with E-state index >= 15 is 0 Å². The van der Waals surface area contributed by atoms with Crippen LogP contribution in [-0.4, -0.2) is 30.0 Å². The van der Waals surface area contributed by atoms with Crippen molar-refractivity contribution in [2.45, 2.75) is 37.6 Å². The number of sulfonamides is 1. The zero-order valence-corrected chi connectivity index (χ0v) is 13.0. The topological polar surface area (TPSA) is 59.1 Å². The maximum absolute atomic E-state index is 11.8. The maximum atomic E-state index is 11.8. The van der Waals surface area contributed by atoms with E-state index in [1.807, 2.05) is 32.0 Å². The van der Waals surface area contributed by atoms with Crippen molar-refractivity contribution in [3.63, 3.8) is 0 Å². The standard InChI is InChI=1S/C12H19BrN2O2S/c1-10(13)9-11(2)15-18(16,17)8-6-12-5-3-4-7-14-12/h3-5,7,10-11,15H,6,8-9H2,1-2H3. The van der Waals surface area contributed by atoms with Gasteiger partial charge in [-0.1, -0.05) is 28.9 Å². The molecule has 1 heterocycles. The minimum atomic E-state index is -3.24. The highest BCUT2D eigenvalue weighted by molar-refractivity contribution is 9.09. The lowest BCUT2D eigenvalue weighted by molar-refractivity contribution is 0.547. The van der Waals surface area contributed by atoms with Gasteiger partial charge < -0.3 is 0 Å². The lowest BCUT2D eigenvalue weighted by Crippen LogP contribution is -2.36. The van der Waals surface area contributed by atoms with E-state index in [1.165, 1.54) is 0 Å². The molecular weight excluding hydrogens is 316 g/mol. The number of hydrogen-bond donors (Lipinski definition) is 1. The van der Waals surface area contributed by atoms with Crippen LogP contribution in [0.25, 0.3) is 0 Å². The molecule has 1 aromatic heterocycles. The molecule has 0 fully saturated rings. The molecule has 0 aliphatic heterocycles. The third kappa shape index (κ3) is 6.47. The molecule has 0 saturated heterocycles. The number of pyridine rings is 1. The normalized spacial score (nSPS) is 15.3. The van der Waals surface area contributed by atoms with Crippen LogP contribution in [0.1, 0.15) is 26.0 Å². The van der Waals surface area contributed by atoms with E-state index in [-0.39, 0.29) is 11.8 Å². The van der Waals surface area contributed by atoms with Gasteiger partial charge in [0.1, 0.15) is 0 Å². The van der Waals surface area contributed by atoms with Gasteiger partial charge in [0.05, 0.1) is 5.75 Å². The number of alkyl halides is 1. The summed E-state index contributed by atoms with van der Waals surface area (Å²) in [7, 11) is -3.24. The summed E-state index contributed by atoms with van der Waals surface area (Å²) in [6.45, 7) is 3.87. The third-order valence-electron chi connectivity index (χ3n) is 2.41. The number of rotatable bonds is 7. The molecule has 4 nitrogen and oxygen atoms in total. The summed E-state index contributed by atoms with van der Waals surface area (Å²) in [5.41, 5.74) is 0.796. The average molecular weight is 335 g/mol. The lowest BCUT2D eigenvalue weighted by Gasteiger charge is -2.15. The second-order valence-corrected chi connectivity index (χ2v) is 7.86. The Kier molecular flexibility index (Phi) is 6.25. The van der Waals surface area contributed by atoms with Crippen LogP contribution in [0.4, 0.5) is 0 Å². The molecule has 0 amide bonds. The first kappa shape index (κ1) is 15.6. The molecule has 1 aromatic rings. The Hall–Kier alpha value is -0.460. The van der Waals surface area contributed by atoms with Gasteiger partial charge in [0.25, 0.3) is 0 Å². The molecule has 6 heteroatoms. The summed E-state index contributed by atoms with van der Waals surface area (Å²) < 4.78 is 26.4. The lowest BCUT2D eigenvalue weighted by atomic mass is 10.2. The van der Waals surface area contributed by atoms with Gasteiger partial charge in [0.2, 0.25) is 10.0 Å². The summed E-state index contributed by atoms with van der Waals surface area (Å²) >= 11 is 3.41. The van der Waals surface area contributed by atoms with E-state index in [9.17, 15) is 8.42 Å². The zero-order valence-electron chi connectivity index (χ0n) is 10.6. The molecule has 2 unspecified atom stereocenters. The van der Waals surface area contributed by atoms with Gasteiger partial charge in [-0.25, -0.2) is 13.1 Å². The van der Waals surface area contributed by atoms with Crippen LogP contribution in [0.2, 0.25) is 0 Å². The Morgan fingerprint density at radius 3 is 2.67 bits per heavy atom. The van der Waals surface area contributed by atoms with Crippen molar-refractivity contribution in [1.29, 1.82) is 0 Å². The number of halogens is 1. The van der Waals surface area contributed by atoms with Crippen molar-refractivity contribution in [1.82, 2.24) is 9.71 Å². The minimum Gasteiger partial charge on any atom is -0.261 e. The fourth-order valence-electron chi connectivity index (χ4n) is 1.69. The molecule has 1 rings (SSSR count). The maximum Gasteiger partial charge on any atom is 0.212 e. The molecule has 0 aliphatic rings. The Bertz CT molecular complexity index is 448. The van der Waals surface area contributed by atoms with Gasteiger partial charge >= 0.3 is 0 Å². The summed E-state index contributed by atoms with van der Waals surface area (Å²) in [6.07, 6.45) is 2.88. The summed E-state index contributed by atoms with van der Waals surface area (Å²) in [5.74, 6) is 0.0744. The van der Waals surface area contributed by atoms with E-state index in [1.54, 1.807) is 6.20 Å². The SMILES string of the molecule is CC(Br)CC(C)NS(=O)(=O)CCc1ccccn1. The third-order valence-corrected chi connectivity index (χ3v) is 4.29. The van der Waals surface area contributed by atoms with E-state index in [0.29, 0.717) is 11.2 Å². The predicted octanol–water partition coefficient (Wildman–Crippen LogP) is 2.11. The second kappa shape index (κ2) is 7.21. The second-order valence-electron chi connectivity index (χ2n) is 4.43. The van der Waals surface area contributed by atoms with Gasteiger partial charge in [-0.15, -0.1) is 0 Å². The van der Waals surface area contributed by atoms with Crippen LogP contribution >= 0.6 is 15.9 Å². The van der Waals surface area contributed by atoms with Gasteiger partial charge in [0.15, 0.2) is 0 Å². The number of hydrogen-bond acceptors (Lipinski definition) is 3. The molecule has 2 atom stereocenters. The highest BCUT2D eigenvalue weighted by atomic mass is 79.9. The van der Waals surface area contributed by atoms with Crippen molar-refractivity contribution < 1.29 is 8.42 Å². The van der Waals surface area contributed by atoms with Crippen LogP contribution in [0, 0.1) is 0 Å². The molecule has 0 aliphatic carbocycles. The number of nitrogens with zero attached hydrogens (tertiary/aromatic N) is 1. The van der Waals surface area contributed by atoms with Gasteiger partial charge in [-0.2, -0.15) is 0 Å². The summed E-state index contributed by atoms with van der Waals surface area (Å²) in [6, 6.07) is 5.44. The fraction of sp³-hybridized carbons (Fsp3) is 0.583. The van der Waals surface area contributed by atoms with Crippen LogP contribution < -0.4 is 4.72 Å². The van der Waals surface area contributed by atoms with E-state index in [4.69, 9.17) is 0 Å². The Balaban J connectivity index is 2.45. The van der Waals surface area contributed by atoms with Gasteiger partial charge in [0, 0.05) is 29.2 Å². The van der Waals surface area contributed by atoms with Crippen molar-refractivity contribution in [3.8, 4) is 0 Å². The molecule has 0 bridgehead atoms. The molecule has 102 valence electrons. The molecule has 0 aromatic carbocycles. The van der Waals surface area contributed by atoms with Gasteiger partial charge in [-0.3, -0.25) is 4.98 Å². The molecule has 1 N–H and O–H groups in total. The van der Waals surface area contributed by atoms with Crippen molar-refractivity contribution in [2.24, 2.45) is 0 Å². The highest BCUT2D eigenvalue weighted by Crippen LogP contribution is 2.08. The van der Waals surface area contributed by atoms with Crippen LogP contribution in [-0.2, 0) is 16.4 Å². The van der Waals surface area contributed by atoms with Gasteiger partial charge in [-0.05, 0) is 25.5 Å². The highest BCUT2D eigenvalue weighted by Gasteiger charge is 2.15. The smallest absolute Gasteiger partial charge is 0.212 e. The molecule has 0 radical (unpaired) electrons. The number of nitrogens with one attached hydrogen (secondary N) is 1. The first-order chi connectivity index (χ1) is 8.39. The molecule has 0 spiro atoms. The van der Waals surface area contributed by atoms with Crippen LogP contribution in [0.15, 0.2) is 24.4 Å². The molecule has 18 heavy (non-hydrogen) atoms. The molecular formula is C12H19BrN2O2S. The average Bonchev–Trinajstić information content (AvgIpc) is 2.26. The quantitative estimate of drug-likeness (QED) is 0.777. The monoisotopic (exact) mass is 334 g/mol. The molecule has 0 saturated carbocycles. The Labute approximate surface area is 117 Å². The zero-order chi connectivity index (χ0) is 13.6. The first-order valence-corrected chi connectivity index (χ1v) is 8.50. The van der Waals surface area contributed by atoms with E-state index in [0.717, 1.165) is 12.1 Å². The fourth-order valence-corrected chi connectivity index (χ4v) is 3.55. The van der Waals surface area contributed by atoms with E-state index < -0.39 is 10.0 Å². The number of aryl methyl sites for hydroxylation is 1. The Morgan fingerprint density at radius 2 is 2.11 bits per heavy atom. The summed E-state index contributed by atoms with van der Waals surface area (Å²) in [4.78, 5) is 4.41. The van der Waals surface area contributed by atoms with Crippen molar-refractivity contribution >= 4 is 26.0 Å². The first-order valence-electron chi connectivity index (χ1n) is 5.93. The summed E-state index contributed by atoms with van der Waals surface area (Å²) in [5, 5.41) is 0.